The summed E-state index contributed by atoms with van der Waals surface area (Å²) in [5.74, 6) is 0.0825. The molecule has 0 saturated carbocycles. The summed E-state index contributed by atoms with van der Waals surface area (Å²) in [6.07, 6.45) is 5.52. The van der Waals surface area contributed by atoms with Gasteiger partial charge >= 0.3 is 0 Å². The molecule has 0 atom stereocenters. The summed E-state index contributed by atoms with van der Waals surface area (Å²) >= 11 is 0. The molecule has 0 aromatic heterocycles. The van der Waals surface area contributed by atoms with Gasteiger partial charge in [0.1, 0.15) is 0 Å². The number of hydrogen-bond donors (Lipinski definition) is 2. The zero-order valence-electron chi connectivity index (χ0n) is 11.6. The molecule has 0 unspecified atom stereocenters. The van der Waals surface area contributed by atoms with Gasteiger partial charge < -0.3 is 10.6 Å². The maximum absolute atomic E-state index is 12.4. The summed E-state index contributed by atoms with van der Waals surface area (Å²) in [4.78, 5) is 12.4. The Bertz CT molecular complexity index is 490. The highest BCUT2D eigenvalue weighted by Gasteiger charge is 2.28. The van der Waals surface area contributed by atoms with E-state index in [1.54, 1.807) is 0 Å². The van der Waals surface area contributed by atoms with Crippen LogP contribution in [-0.2, 0) is 12.8 Å². The van der Waals surface area contributed by atoms with Gasteiger partial charge in [-0.1, -0.05) is 6.07 Å². The van der Waals surface area contributed by atoms with E-state index in [0.717, 1.165) is 37.9 Å². The molecule has 1 aromatic carbocycles. The third-order valence-electron chi connectivity index (χ3n) is 4.48. The first-order valence-electron chi connectivity index (χ1n) is 7.31. The molecule has 0 bridgehead atoms. The first kappa shape index (κ1) is 12.7. The van der Waals surface area contributed by atoms with Gasteiger partial charge in [-0.3, -0.25) is 4.79 Å². The van der Waals surface area contributed by atoms with Gasteiger partial charge in [-0.15, -0.1) is 0 Å². The van der Waals surface area contributed by atoms with E-state index in [0.29, 0.717) is 0 Å². The van der Waals surface area contributed by atoms with Gasteiger partial charge in [0.2, 0.25) is 0 Å². The quantitative estimate of drug-likeness (QED) is 0.852. The Kier molecular flexibility index (Phi) is 3.31. The second-order valence-corrected chi connectivity index (χ2v) is 6.10. The van der Waals surface area contributed by atoms with Crippen molar-refractivity contribution in [3.8, 4) is 0 Å². The average molecular weight is 258 g/mol. The summed E-state index contributed by atoms with van der Waals surface area (Å²) in [6.45, 7) is 4.13. The van der Waals surface area contributed by atoms with Gasteiger partial charge in [0.05, 0.1) is 0 Å². The molecule has 1 aliphatic carbocycles. The predicted octanol–water partition coefficient (Wildman–Crippen LogP) is 2.05. The van der Waals surface area contributed by atoms with Crippen LogP contribution in [0.1, 0.15) is 47.7 Å². The number of carbonyl (C=O) groups is 1. The maximum atomic E-state index is 12.4. The minimum Gasteiger partial charge on any atom is -0.347 e. The van der Waals surface area contributed by atoms with E-state index < -0.39 is 0 Å². The average Bonchev–Trinajstić information content (AvgIpc) is 2.86. The Hall–Kier alpha value is -1.35. The molecule has 19 heavy (non-hydrogen) atoms. The highest BCUT2D eigenvalue weighted by Crippen LogP contribution is 2.24. The van der Waals surface area contributed by atoms with Crippen molar-refractivity contribution in [2.75, 3.05) is 13.1 Å². The molecular formula is C16H22N2O. The fourth-order valence-corrected chi connectivity index (χ4v) is 3.16. The van der Waals surface area contributed by atoms with Crippen LogP contribution in [0.2, 0.25) is 0 Å². The van der Waals surface area contributed by atoms with Crippen molar-refractivity contribution >= 4 is 5.91 Å². The predicted molar refractivity (Wildman–Crippen MR) is 76.4 cm³/mol. The zero-order valence-corrected chi connectivity index (χ0v) is 11.6. The number of rotatable bonds is 2. The Morgan fingerprint density at radius 2 is 1.95 bits per heavy atom. The molecule has 3 nitrogen and oxygen atoms in total. The summed E-state index contributed by atoms with van der Waals surface area (Å²) in [5, 5.41) is 6.56. The number of carbonyl (C=O) groups excluding carboxylic acids is 1. The van der Waals surface area contributed by atoms with Crippen molar-refractivity contribution in [1.29, 1.82) is 0 Å². The molecule has 3 heteroatoms. The van der Waals surface area contributed by atoms with Crippen LogP contribution < -0.4 is 10.6 Å². The van der Waals surface area contributed by atoms with E-state index in [2.05, 4.69) is 29.7 Å². The minimum atomic E-state index is -0.0542. The van der Waals surface area contributed by atoms with Crippen LogP contribution in [0.4, 0.5) is 0 Å². The van der Waals surface area contributed by atoms with Crippen LogP contribution in [0.3, 0.4) is 0 Å². The molecule has 1 fully saturated rings. The summed E-state index contributed by atoms with van der Waals surface area (Å²) < 4.78 is 0. The molecule has 2 aliphatic rings. The van der Waals surface area contributed by atoms with Crippen molar-refractivity contribution in [2.45, 2.75) is 44.6 Å². The van der Waals surface area contributed by atoms with Gasteiger partial charge in [0.15, 0.2) is 0 Å². The van der Waals surface area contributed by atoms with Gasteiger partial charge in [0.25, 0.3) is 5.91 Å². The van der Waals surface area contributed by atoms with E-state index in [1.807, 2.05) is 6.07 Å². The van der Waals surface area contributed by atoms with Crippen LogP contribution in [0.25, 0.3) is 0 Å². The van der Waals surface area contributed by atoms with Gasteiger partial charge in [0, 0.05) is 11.1 Å². The largest absolute Gasteiger partial charge is 0.347 e. The number of amides is 1. The first-order valence-corrected chi connectivity index (χ1v) is 7.31. The van der Waals surface area contributed by atoms with Crippen molar-refractivity contribution in [2.24, 2.45) is 0 Å². The number of aryl methyl sites for hydroxylation is 2. The van der Waals surface area contributed by atoms with E-state index in [4.69, 9.17) is 0 Å². The molecule has 2 N–H and O–H groups in total. The van der Waals surface area contributed by atoms with Crippen molar-refractivity contribution in [3.63, 3.8) is 0 Å². The lowest BCUT2D eigenvalue weighted by Crippen LogP contribution is -2.52. The van der Waals surface area contributed by atoms with Crippen LogP contribution in [0.15, 0.2) is 18.2 Å². The molecule has 102 valence electrons. The number of hydrogen-bond acceptors (Lipinski definition) is 2. The highest BCUT2D eigenvalue weighted by molar-refractivity contribution is 5.95. The normalized spacial score (nSPS) is 20.9. The first-order chi connectivity index (χ1) is 9.16. The Morgan fingerprint density at radius 3 is 2.74 bits per heavy atom. The second kappa shape index (κ2) is 4.97. The lowest BCUT2D eigenvalue weighted by molar-refractivity contribution is 0.0887. The van der Waals surface area contributed by atoms with E-state index in [1.165, 1.54) is 24.0 Å². The van der Waals surface area contributed by atoms with Crippen molar-refractivity contribution in [3.05, 3.63) is 34.9 Å². The summed E-state index contributed by atoms with van der Waals surface area (Å²) in [5.41, 5.74) is 3.55. The lowest BCUT2D eigenvalue weighted by Gasteiger charge is -2.35. The number of benzene rings is 1. The maximum Gasteiger partial charge on any atom is 0.251 e. The standard InChI is InChI=1S/C16H22N2O/c1-16(7-9-17-10-8-16)18-15(19)14-6-5-12-3-2-4-13(12)11-14/h5-6,11,17H,2-4,7-10H2,1H3,(H,18,19). The summed E-state index contributed by atoms with van der Waals surface area (Å²) in [6, 6.07) is 6.19. The summed E-state index contributed by atoms with van der Waals surface area (Å²) in [7, 11) is 0. The molecular weight excluding hydrogens is 236 g/mol. The number of fused-ring (bicyclic) bond motifs is 1. The molecule has 1 amide bonds. The minimum absolute atomic E-state index is 0.0542. The topological polar surface area (TPSA) is 41.1 Å². The van der Waals surface area contributed by atoms with Crippen molar-refractivity contribution in [1.82, 2.24) is 10.6 Å². The van der Waals surface area contributed by atoms with E-state index >= 15 is 0 Å². The van der Waals surface area contributed by atoms with Gasteiger partial charge in [-0.25, -0.2) is 0 Å². The van der Waals surface area contributed by atoms with Crippen LogP contribution in [0.5, 0.6) is 0 Å². The molecule has 3 rings (SSSR count). The molecule has 1 aliphatic heterocycles. The molecule has 1 aromatic rings. The molecule has 0 spiro atoms. The SMILES string of the molecule is CC1(NC(=O)c2ccc3c(c2)CCC3)CCNCC1. The number of piperidine rings is 1. The zero-order chi connectivity index (χ0) is 13.3. The highest BCUT2D eigenvalue weighted by atomic mass is 16.1. The van der Waals surface area contributed by atoms with Crippen LogP contribution in [0, 0.1) is 0 Å². The van der Waals surface area contributed by atoms with Crippen LogP contribution >= 0.6 is 0 Å². The van der Waals surface area contributed by atoms with Gasteiger partial charge in [-0.2, -0.15) is 0 Å². The van der Waals surface area contributed by atoms with E-state index in [9.17, 15) is 4.79 Å². The lowest BCUT2D eigenvalue weighted by atomic mass is 9.90. The fraction of sp³-hybridized carbons (Fsp3) is 0.562. The molecule has 1 heterocycles. The number of nitrogens with one attached hydrogen (secondary N) is 2. The Labute approximate surface area is 114 Å². The van der Waals surface area contributed by atoms with Crippen molar-refractivity contribution < 1.29 is 4.79 Å². The smallest absolute Gasteiger partial charge is 0.251 e. The Balaban J connectivity index is 1.73. The van der Waals surface area contributed by atoms with E-state index in [-0.39, 0.29) is 11.4 Å². The molecule has 1 saturated heterocycles. The van der Waals surface area contributed by atoms with Crippen LogP contribution in [-0.4, -0.2) is 24.5 Å². The fourth-order valence-electron chi connectivity index (χ4n) is 3.16. The second-order valence-electron chi connectivity index (χ2n) is 6.10. The third kappa shape index (κ3) is 2.66. The van der Waals surface area contributed by atoms with Gasteiger partial charge in [-0.05, 0) is 75.4 Å². The molecule has 0 radical (unpaired) electrons. The Morgan fingerprint density at radius 1 is 1.21 bits per heavy atom. The monoisotopic (exact) mass is 258 g/mol. The third-order valence-corrected chi connectivity index (χ3v) is 4.48.